The van der Waals surface area contributed by atoms with Crippen molar-refractivity contribution in [3.63, 3.8) is 0 Å². The molecule has 0 aliphatic carbocycles. The van der Waals surface area contributed by atoms with Crippen molar-refractivity contribution in [1.29, 1.82) is 0 Å². The van der Waals surface area contributed by atoms with E-state index in [0.29, 0.717) is 12.5 Å². The van der Waals surface area contributed by atoms with E-state index in [-0.39, 0.29) is 5.91 Å². The smallest absolute Gasteiger partial charge is 0.225 e. The van der Waals surface area contributed by atoms with Crippen molar-refractivity contribution in [2.24, 2.45) is 0 Å². The van der Waals surface area contributed by atoms with E-state index in [1.807, 2.05) is 19.1 Å². The van der Waals surface area contributed by atoms with Crippen molar-refractivity contribution in [2.75, 3.05) is 38.5 Å². The molecule has 4 heteroatoms. The largest absolute Gasteiger partial charge is 0.326 e. The Bertz CT molecular complexity index is 744. The van der Waals surface area contributed by atoms with Crippen LogP contribution in [0, 0.1) is 13.8 Å². The number of nitrogens with one attached hydrogen (secondary N) is 1. The lowest BCUT2D eigenvalue weighted by Gasteiger charge is -2.39. The number of piperazine rings is 1. The third-order valence-corrected chi connectivity index (χ3v) is 5.23. The molecule has 1 aliphatic heterocycles. The molecule has 2 aromatic carbocycles. The number of likely N-dealkylation sites (N-methyl/N-ethyl adjacent to an activating group) is 1. The van der Waals surface area contributed by atoms with Gasteiger partial charge in [-0.1, -0.05) is 48.0 Å². The van der Waals surface area contributed by atoms with Crippen LogP contribution in [0.5, 0.6) is 0 Å². The Morgan fingerprint density at radius 3 is 2.62 bits per heavy atom. The Morgan fingerprint density at radius 2 is 1.88 bits per heavy atom. The summed E-state index contributed by atoms with van der Waals surface area (Å²) in [5.41, 5.74) is 4.59. The molecule has 1 amide bonds. The molecule has 0 radical (unpaired) electrons. The van der Waals surface area contributed by atoms with Crippen LogP contribution in [0.4, 0.5) is 5.69 Å². The number of hydrogen-bond donors (Lipinski definition) is 1. The summed E-state index contributed by atoms with van der Waals surface area (Å²) in [4.78, 5) is 17.2. The van der Waals surface area contributed by atoms with E-state index >= 15 is 0 Å². The summed E-state index contributed by atoms with van der Waals surface area (Å²) in [7, 11) is 2.18. The average molecular weight is 351 g/mol. The highest BCUT2D eigenvalue weighted by Crippen LogP contribution is 2.24. The van der Waals surface area contributed by atoms with Crippen LogP contribution in [0.3, 0.4) is 0 Å². The second kappa shape index (κ2) is 8.47. The number of benzene rings is 2. The van der Waals surface area contributed by atoms with E-state index in [2.05, 4.69) is 65.5 Å². The number of carbonyl (C=O) groups excluding carboxylic acids is 1. The monoisotopic (exact) mass is 351 g/mol. The molecular formula is C22H29N3O. The molecule has 0 unspecified atom stereocenters. The standard InChI is InChI=1S/C22H29N3O/c1-17-9-10-20(18(2)15-17)23-22(26)11-12-25-14-13-24(3)21(16-25)19-7-5-4-6-8-19/h4-10,15,21H,11-14,16H2,1-3H3,(H,23,26)/t21-/m0/s1. The normalized spacial score (nSPS) is 18.7. The highest BCUT2D eigenvalue weighted by atomic mass is 16.1. The average Bonchev–Trinajstić information content (AvgIpc) is 2.64. The lowest BCUT2D eigenvalue weighted by Crippen LogP contribution is -2.47. The van der Waals surface area contributed by atoms with Gasteiger partial charge in [0.2, 0.25) is 5.91 Å². The van der Waals surface area contributed by atoms with Crippen LogP contribution < -0.4 is 5.32 Å². The number of anilines is 1. The number of carbonyl (C=O) groups is 1. The van der Waals surface area contributed by atoms with Gasteiger partial charge in [-0.3, -0.25) is 14.6 Å². The van der Waals surface area contributed by atoms with Crippen LogP contribution >= 0.6 is 0 Å². The molecule has 26 heavy (non-hydrogen) atoms. The third kappa shape index (κ3) is 4.71. The van der Waals surface area contributed by atoms with Crippen molar-refractivity contribution in [3.8, 4) is 0 Å². The van der Waals surface area contributed by atoms with Gasteiger partial charge in [0.05, 0.1) is 0 Å². The summed E-state index contributed by atoms with van der Waals surface area (Å²) in [5, 5.41) is 3.05. The molecule has 138 valence electrons. The minimum atomic E-state index is 0.0899. The second-order valence-corrected chi connectivity index (χ2v) is 7.32. The molecule has 1 saturated heterocycles. The molecule has 2 aromatic rings. The number of rotatable bonds is 5. The minimum Gasteiger partial charge on any atom is -0.326 e. The predicted octanol–water partition coefficient (Wildman–Crippen LogP) is 3.62. The maximum atomic E-state index is 12.4. The molecular weight excluding hydrogens is 322 g/mol. The van der Waals surface area contributed by atoms with Crippen molar-refractivity contribution in [2.45, 2.75) is 26.3 Å². The van der Waals surface area contributed by atoms with Gasteiger partial charge in [0.1, 0.15) is 0 Å². The quantitative estimate of drug-likeness (QED) is 0.894. The zero-order valence-corrected chi connectivity index (χ0v) is 16.0. The number of aryl methyl sites for hydroxylation is 2. The van der Waals surface area contributed by atoms with Gasteiger partial charge in [-0.15, -0.1) is 0 Å². The number of amides is 1. The molecule has 1 aliphatic rings. The topological polar surface area (TPSA) is 35.6 Å². The Morgan fingerprint density at radius 1 is 1.12 bits per heavy atom. The molecule has 0 bridgehead atoms. The summed E-state index contributed by atoms with van der Waals surface area (Å²) in [6.45, 7) is 7.91. The van der Waals surface area contributed by atoms with Gasteiger partial charge < -0.3 is 5.32 Å². The lowest BCUT2D eigenvalue weighted by atomic mass is 10.0. The molecule has 0 aromatic heterocycles. The Labute approximate surface area is 156 Å². The zero-order valence-electron chi connectivity index (χ0n) is 16.0. The summed E-state index contributed by atoms with van der Waals surface area (Å²) in [5.74, 6) is 0.0899. The van der Waals surface area contributed by atoms with Crippen molar-refractivity contribution >= 4 is 11.6 Å². The summed E-state index contributed by atoms with van der Waals surface area (Å²) >= 11 is 0. The van der Waals surface area contributed by atoms with Crippen LogP contribution in [0.15, 0.2) is 48.5 Å². The molecule has 0 saturated carbocycles. The predicted molar refractivity (Wildman–Crippen MR) is 107 cm³/mol. The van der Waals surface area contributed by atoms with Crippen LogP contribution in [-0.4, -0.2) is 48.9 Å². The molecule has 1 fully saturated rings. The summed E-state index contributed by atoms with van der Waals surface area (Å²) < 4.78 is 0. The fourth-order valence-electron chi connectivity index (χ4n) is 3.59. The van der Waals surface area contributed by atoms with Crippen LogP contribution in [0.25, 0.3) is 0 Å². The van der Waals surface area contributed by atoms with Gasteiger partial charge in [-0.2, -0.15) is 0 Å². The van der Waals surface area contributed by atoms with Gasteiger partial charge >= 0.3 is 0 Å². The van der Waals surface area contributed by atoms with Gasteiger partial charge in [0.15, 0.2) is 0 Å². The SMILES string of the molecule is Cc1ccc(NC(=O)CCN2CCN(C)[C@H](c3ccccc3)C2)c(C)c1. The first kappa shape index (κ1) is 18.6. The second-order valence-electron chi connectivity index (χ2n) is 7.32. The molecule has 1 atom stereocenters. The molecule has 0 spiro atoms. The lowest BCUT2D eigenvalue weighted by molar-refractivity contribution is -0.116. The first-order valence-electron chi connectivity index (χ1n) is 9.37. The highest BCUT2D eigenvalue weighted by molar-refractivity contribution is 5.91. The Balaban J connectivity index is 1.53. The number of hydrogen-bond acceptors (Lipinski definition) is 3. The fraction of sp³-hybridized carbons (Fsp3) is 0.409. The molecule has 4 nitrogen and oxygen atoms in total. The van der Waals surface area contributed by atoms with E-state index in [4.69, 9.17) is 0 Å². The van der Waals surface area contributed by atoms with E-state index in [1.54, 1.807) is 0 Å². The first-order chi connectivity index (χ1) is 12.5. The fourth-order valence-corrected chi connectivity index (χ4v) is 3.59. The first-order valence-corrected chi connectivity index (χ1v) is 9.37. The van der Waals surface area contributed by atoms with Crippen molar-refractivity contribution < 1.29 is 4.79 Å². The zero-order chi connectivity index (χ0) is 18.5. The van der Waals surface area contributed by atoms with E-state index in [1.165, 1.54) is 11.1 Å². The van der Waals surface area contributed by atoms with E-state index < -0.39 is 0 Å². The van der Waals surface area contributed by atoms with Gasteiger partial charge in [-0.25, -0.2) is 0 Å². The third-order valence-electron chi connectivity index (χ3n) is 5.23. The maximum Gasteiger partial charge on any atom is 0.225 e. The van der Waals surface area contributed by atoms with Crippen molar-refractivity contribution in [1.82, 2.24) is 9.80 Å². The summed E-state index contributed by atoms with van der Waals surface area (Å²) in [6.07, 6.45) is 0.526. The van der Waals surface area contributed by atoms with Crippen LogP contribution in [-0.2, 0) is 4.79 Å². The summed E-state index contributed by atoms with van der Waals surface area (Å²) in [6, 6.07) is 17.2. The van der Waals surface area contributed by atoms with Gasteiger partial charge in [0, 0.05) is 44.3 Å². The molecule has 1 N–H and O–H groups in total. The van der Waals surface area contributed by atoms with E-state index in [0.717, 1.165) is 37.4 Å². The maximum absolute atomic E-state index is 12.4. The van der Waals surface area contributed by atoms with E-state index in [9.17, 15) is 4.79 Å². The van der Waals surface area contributed by atoms with Crippen LogP contribution in [0.2, 0.25) is 0 Å². The van der Waals surface area contributed by atoms with Gasteiger partial charge in [-0.05, 0) is 38.1 Å². The Hall–Kier alpha value is -2.17. The van der Waals surface area contributed by atoms with Gasteiger partial charge in [0.25, 0.3) is 0 Å². The molecule has 3 rings (SSSR count). The Kier molecular flexibility index (Phi) is 6.07. The highest BCUT2D eigenvalue weighted by Gasteiger charge is 2.25. The number of nitrogens with zero attached hydrogens (tertiary/aromatic N) is 2. The molecule has 1 heterocycles. The minimum absolute atomic E-state index is 0.0899. The van der Waals surface area contributed by atoms with Crippen molar-refractivity contribution in [3.05, 3.63) is 65.2 Å². The van der Waals surface area contributed by atoms with Crippen LogP contribution in [0.1, 0.15) is 29.2 Å².